The predicted molar refractivity (Wildman–Crippen MR) is 90.5 cm³/mol. The lowest BCUT2D eigenvalue weighted by Gasteiger charge is -2.24. The summed E-state index contributed by atoms with van der Waals surface area (Å²) in [4.78, 5) is 12.4. The van der Waals surface area contributed by atoms with Gasteiger partial charge in [-0.05, 0) is 36.6 Å². The van der Waals surface area contributed by atoms with Crippen LogP contribution in [-0.2, 0) is 14.8 Å². The molecule has 0 aliphatic carbocycles. The van der Waals surface area contributed by atoms with Crippen molar-refractivity contribution in [1.29, 1.82) is 0 Å². The second kappa shape index (κ2) is 7.00. The summed E-state index contributed by atoms with van der Waals surface area (Å²) in [7, 11) is -1.04. The van der Waals surface area contributed by atoms with Crippen LogP contribution in [0.3, 0.4) is 0 Å². The van der Waals surface area contributed by atoms with Gasteiger partial charge in [-0.2, -0.15) is 4.31 Å². The molecule has 2 rings (SSSR count). The van der Waals surface area contributed by atoms with Gasteiger partial charge in [-0.25, -0.2) is 13.2 Å². The second-order valence-corrected chi connectivity index (χ2v) is 8.20. The van der Waals surface area contributed by atoms with Crippen LogP contribution >= 0.6 is 22.9 Å². The van der Waals surface area contributed by atoms with Crippen molar-refractivity contribution in [2.75, 3.05) is 14.2 Å². The number of carbonyl (C=O) groups is 1. The molecule has 5 nitrogen and oxygen atoms in total. The lowest BCUT2D eigenvalue weighted by Crippen LogP contribution is -2.29. The topological polar surface area (TPSA) is 63.7 Å². The van der Waals surface area contributed by atoms with Crippen LogP contribution in [0, 0.1) is 0 Å². The molecule has 0 fully saturated rings. The first-order valence-electron chi connectivity index (χ1n) is 6.68. The molecule has 0 spiro atoms. The van der Waals surface area contributed by atoms with E-state index in [9.17, 15) is 13.2 Å². The molecule has 1 heterocycles. The number of nitrogens with zero attached hydrogens (tertiary/aromatic N) is 1. The summed E-state index contributed by atoms with van der Waals surface area (Å²) in [6, 6.07) is 7.43. The Kier molecular flexibility index (Phi) is 5.46. The molecular weight excluding hydrogens is 358 g/mol. The van der Waals surface area contributed by atoms with Crippen molar-refractivity contribution in [3.8, 4) is 0 Å². The zero-order valence-electron chi connectivity index (χ0n) is 12.8. The molecule has 0 radical (unpaired) electrons. The summed E-state index contributed by atoms with van der Waals surface area (Å²) in [5, 5.41) is 1.88. The van der Waals surface area contributed by atoms with Crippen LogP contribution in [0.2, 0.25) is 5.02 Å². The normalized spacial score (nSPS) is 13.1. The smallest absolute Gasteiger partial charge is 0.337 e. The molecule has 1 aromatic heterocycles. The third kappa shape index (κ3) is 3.58. The van der Waals surface area contributed by atoms with E-state index in [-0.39, 0.29) is 21.5 Å². The van der Waals surface area contributed by atoms with Gasteiger partial charge in [-0.3, -0.25) is 0 Å². The van der Waals surface area contributed by atoms with Gasteiger partial charge in [0.25, 0.3) is 0 Å². The Morgan fingerprint density at radius 1 is 1.35 bits per heavy atom. The largest absolute Gasteiger partial charge is 0.465 e. The van der Waals surface area contributed by atoms with Gasteiger partial charge in [0.1, 0.15) is 4.90 Å². The summed E-state index contributed by atoms with van der Waals surface area (Å²) >= 11 is 7.56. The Bertz CT molecular complexity index is 803. The number of methoxy groups -OCH3 is 1. The highest BCUT2D eigenvalue weighted by Gasteiger charge is 2.29. The van der Waals surface area contributed by atoms with Crippen LogP contribution in [-0.4, -0.2) is 32.8 Å². The van der Waals surface area contributed by atoms with E-state index in [0.29, 0.717) is 0 Å². The lowest BCUT2D eigenvalue weighted by molar-refractivity contribution is 0.0600. The minimum Gasteiger partial charge on any atom is -0.465 e. The zero-order chi connectivity index (χ0) is 17.2. The number of ether oxygens (including phenoxy) is 1. The average molecular weight is 374 g/mol. The van der Waals surface area contributed by atoms with Crippen LogP contribution in [0.15, 0.2) is 40.6 Å². The third-order valence-electron chi connectivity index (χ3n) is 3.51. The van der Waals surface area contributed by atoms with Crippen LogP contribution in [0.5, 0.6) is 0 Å². The highest BCUT2D eigenvalue weighted by molar-refractivity contribution is 7.89. The Hall–Kier alpha value is -1.41. The third-order valence-corrected chi connectivity index (χ3v) is 6.96. The van der Waals surface area contributed by atoms with Gasteiger partial charge >= 0.3 is 5.97 Å². The van der Waals surface area contributed by atoms with Crippen LogP contribution < -0.4 is 0 Å². The fraction of sp³-hybridized carbons (Fsp3) is 0.267. The van der Waals surface area contributed by atoms with Gasteiger partial charge in [0.15, 0.2) is 0 Å². The van der Waals surface area contributed by atoms with E-state index in [4.69, 9.17) is 11.6 Å². The molecule has 0 aliphatic rings. The van der Waals surface area contributed by atoms with Gasteiger partial charge in [-0.1, -0.05) is 17.7 Å². The number of sulfonamides is 1. The Morgan fingerprint density at radius 2 is 2.04 bits per heavy atom. The van der Waals surface area contributed by atoms with Crippen LogP contribution in [0.1, 0.15) is 28.2 Å². The summed E-state index contributed by atoms with van der Waals surface area (Å²) < 4.78 is 31.4. The maximum atomic E-state index is 12.8. The van der Waals surface area contributed by atoms with Gasteiger partial charge < -0.3 is 4.74 Å². The fourth-order valence-corrected chi connectivity index (χ4v) is 4.78. The van der Waals surface area contributed by atoms with E-state index >= 15 is 0 Å². The molecule has 1 aromatic carbocycles. The van der Waals surface area contributed by atoms with Gasteiger partial charge in [0.05, 0.1) is 23.7 Å². The minimum atomic E-state index is -3.79. The highest BCUT2D eigenvalue weighted by Crippen LogP contribution is 2.31. The first kappa shape index (κ1) is 17.9. The molecule has 23 heavy (non-hydrogen) atoms. The lowest BCUT2D eigenvalue weighted by atomic mass is 10.2. The van der Waals surface area contributed by atoms with Crippen LogP contribution in [0.25, 0.3) is 0 Å². The molecule has 0 aliphatic heterocycles. The van der Waals surface area contributed by atoms with Crippen molar-refractivity contribution in [2.24, 2.45) is 0 Å². The highest BCUT2D eigenvalue weighted by atomic mass is 35.5. The maximum absolute atomic E-state index is 12.8. The molecule has 8 heteroatoms. The fourth-order valence-electron chi connectivity index (χ4n) is 2.03. The number of carbonyl (C=O) groups excluding carboxylic acids is 1. The van der Waals surface area contributed by atoms with Gasteiger partial charge in [0, 0.05) is 11.9 Å². The molecule has 0 saturated carbocycles. The van der Waals surface area contributed by atoms with E-state index < -0.39 is 16.0 Å². The Balaban J connectivity index is 2.38. The molecule has 2 aromatic rings. The zero-order valence-corrected chi connectivity index (χ0v) is 15.2. The van der Waals surface area contributed by atoms with Gasteiger partial charge in [-0.15, -0.1) is 11.3 Å². The minimum absolute atomic E-state index is 0.0156. The van der Waals surface area contributed by atoms with E-state index in [1.807, 2.05) is 17.5 Å². The Labute approximate surface area is 144 Å². The number of hydrogen-bond acceptors (Lipinski definition) is 5. The van der Waals surface area contributed by atoms with Crippen molar-refractivity contribution in [2.45, 2.75) is 17.9 Å². The summed E-state index contributed by atoms with van der Waals surface area (Å²) in [5.74, 6) is -0.573. The quantitative estimate of drug-likeness (QED) is 0.751. The molecular formula is C15H16ClNO4S2. The first-order chi connectivity index (χ1) is 10.8. The van der Waals surface area contributed by atoms with Crippen molar-refractivity contribution in [3.63, 3.8) is 0 Å². The second-order valence-electron chi connectivity index (χ2n) is 4.85. The SMILES string of the molecule is COC(=O)c1ccc(S(=O)(=O)N(C)C(C)c2cccs2)c(Cl)c1. The summed E-state index contributed by atoms with van der Waals surface area (Å²) in [6.45, 7) is 1.81. The summed E-state index contributed by atoms with van der Waals surface area (Å²) in [6.07, 6.45) is 0. The molecule has 1 unspecified atom stereocenters. The first-order valence-corrected chi connectivity index (χ1v) is 9.38. The van der Waals surface area contributed by atoms with E-state index in [1.54, 1.807) is 6.92 Å². The molecule has 124 valence electrons. The number of thiophene rings is 1. The van der Waals surface area contributed by atoms with E-state index in [1.165, 1.54) is 48.0 Å². The van der Waals surface area contributed by atoms with Crippen molar-refractivity contribution >= 4 is 38.9 Å². The van der Waals surface area contributed by atoms with Crippen molar-refractivity contribution < 1.29 is 17.9 Å². The van der Waals surface area contributed by atoms with E-state index in [0.717, 1.165) is 4.88 Å². The number of hydrogen-bond donors (Lipinski definition) is 0. The molecule has 0 bridgehead atoms. The molecule has 0 amide bonds. The van der Waals surface area contributed by atoms with Crippen molar-refractivity contribution in [3.05, 3.63) is 51.2 Å². The molecule has 0 N–H and O–H groups in total. The van der Waals surface area contributed by atoms with Crippen LogP contribution in [0.4, 0.5) is 0 Å². The average Bonchev–Trinajstić information content (AvgIpc) is 3.06. The predicted octanol–water partition coefficient (Wildman–Crippen LogP) is 3.57. The standard InChI is InChI=1S/C15H16ClNO4S2/c1-10(13-5-4-8-22-13)17(2)23(19,20)14-7-6-11(9-12(14)16)15(18)21-3/h4-10H,1-3H3. The number of benzene rings is 1. The number of halogens is 1. The molecule has 0 saturated heterocycles. The summed E-state index contributed by atoms with van der Waals surface area (Å²) in [5.41, 5.74) is 0.199. The van der Waals surface area contributed by atoms with Gasteiger partial charge in [0.2, 0.25) is 10.0 Å². The number of esters is 1. The molecule has 1 atom stereocenters. The maximum Gasteiger partial charge on any atom is 0.337 e. The monoisotopic (exact) mass is 373 g/mol. The van der Waals surface area contributed by atoms with E-state index in [2.05, 4.69) is 4.74 Å². The van der Waals surface area contributed by atoms with Crippen molar-refractivity contribution in [1.82, 2.24) is 4.31 Å². The number of rotatable bonds is 5. The Morgan fingerprint density at radius 3 is 2.57 bits per heavy atom.